The van der Waals surface area contributed by atoms with Crippen LogP contribution in [0, 0.1) is 0 Å². The molecule has 1 aromatic carbocycles. The van der Waals surface area contributed by atoms with Crippen LogP contribution < -0.4 is 4.74 Å². The van der Waals surface area contributed by atoms with Crippen LogP contribution in [0.15, 0.2) is 30.3 Å². The van der Waals surface area contributed by atoms with E-state index in [2.05, 4.69) is 18.8 Å². The third-order valence-electron chi connectivity index (χ3n) is 3.82. The predicted octanol–water partition coefficient (Wildman–Crippen LogP) is 4.31. The van der Waals surface area contributed by atoms with Crippen molar-refractivity contribution >= 4 is 22.5 Å². The average molecular weight is 306 g/mol. The normalized spacial score (nSPS) is 26.0. The van der Waals surface area contributed by atoms with Crippen LogP contribution in [0.2, 0.25) is 0 Å². The van der Waals surface area contributed by atoms with Gasteiger partial charge >= 0.3 is 0 Å². The van der Waals surface area contributed by atoms with Crippen LogP contribution in [0.25, 0.3) is 10.9 Å². The summed E-state index contributed by atoms with van der Waals surface area (Å²) in [6.07, 6.45) is 2.48. The number of benzene rings is 1. The number of ether oxygens (including phenoxy) is 2. The van der Waals surface area contributed by atoms with E-state index in [-0.39, 0.29) is 18.3 Å². The third kappa shape index (κ3) is 3.30. The standard InChI is InChI=1S/C17H20ClNO2/c1-11-7-14(8-12(2)20-11)21-17-9-13(10-18)19-16-6-4-3-5-15(16)17/h3-6,9,11-12,14H,7-8,10H2,1-2H3. The van der Waals surface area contributed by atoms with Crippen molar-refractivity contribution in [3.8, 4) is 5.75 Å². The first-order valence-corrected chi connectivity index (χ1v) is 7.96. The van der Waals surface area contributed by atoms with E-state index in [1.54, 1.807) is 0 Å². The lowest BCUT2D eigenvalue weighted by molar-refractivity contribution is -0.0718. The molecule has 3 rings (SSSR count). The average Bonchev–Trinajstić information content (AvgIpc) is 2.46. The Balaban J connectivity index is 1.92. The highest BCUT2D eigenvalue weighted by Crippen LogP contribution is 2.30. The molecule has 21 heavy (non-hydrogen) atoms. The summed E-state index contributed by atoms with van der Waals surface area (Å²) in [5, 5.41) is 1.04. The highest BCUT2D eigenvalue weighted by atomic mass is 35.5. The molecule has 1 saturated heterocycles. The molecular weight excluding hydrogens is 286 g/mol. The van der Waals surface area contributed by atoms with Gasteiger partial charge in [-0.1, -0.05) is 12.1 Å². The van der Waals surface area contributed by atoms with Crippen molar-refractivity contribution in [2.75, 3.05) is 0 Å². The molecule has 1 aromatic heterocycles. The minimum absolute atomic E-state index is 0.178. The summed E-state index contributed by atoms with van der Waals surface area (Å²) >= 11 is 5.95. The van der Waals surface area contributed by atoms with E-state index in [1.807, 2.05) is 30.3 Å². The first-order valence-electron chi connectivity index (χ1n) is 7.42. The Labute approximate surface area is 130 Å². The van der Waals surface area contributed by atoms with Crippen LogP contribution in [-0.4, -0.2) is 23.3 Å². The molecule has 1 aliphatic rings. The molecule has 0 amide bonds. The van der Waals surface area contributed by atoms with Gasteiger partial charge in [0.15, 0.2) is 0 Å². The van der Waals surface area contributed by atoms with Gasteiger partial charge in [0.05, 0.1) is 29.3 Å². The van der Waals surface area contributed by atoms with Crippen molar-refractivity contribution in [3.63, 3.8) is 0 Å². The molecule has 0 N–H and O–H groups in total. The van der Waals surface area contributed by atoms with Gasteiger partial charge in [0, 0.05) is 24.3 Å². The number of halogens is 1. The van der Waals surface area contributed by atoms with Gasteiger partial charge in [-0.3, -0.25) is 4.98 Å². The number of pyridine rings is 1. The number of alkyl halides is 1. The van der Waals surface area contributed by atoms with Gasteiger partial charge in [0.25, 0.3) is 0 Å². The van der Waals surface area contributed by atoms with E-state index in [1.165, 1.54) is 0 Å². The molecular formula is C17H20ClNO2. The van der Waals surface area contributed by atoms with Crippen molar-refractivity contribution in [2.45, 2.75) is 50.9 Å². The molecule has 0 bridgehead atoms. The van der Waals surface area contributed by atoms with Crippen molar-refractivity contribution < 1.29 is 9.47 Å². The summed E-state index contributed by atoms with van der Waals surface area (Å²) in [5.74, 6) is 1.27. The monoisotopic (exact) mass is 305 g/mol. The Kier molecular flexibility index (Phi) is 4.32. The summed E-state index contributed by atoms with van der Waals surface area (Å²) in [6.45, 7) is 4.20. The number of nitrogens with zero attached hydrogens (tertiary/aromatic N) is 1. The lowest BCUT2D eigenvalue weighted by Gasteiger charge is -2.32. The van der Waals surface area contributed by atoms with Gasteiger partial charge in [0.1, 0.15) is 11.9 Å². The molecule has 2 aromatic rings. The fourth-order valence-corrected chi connectivity index (χ4v) is 3.12. The maximum Gasteiger partial charge on any atom is 0.130 e. The SMILES string of the molecule is CC1CC(Oc2cc(CCl)nc3ccccc23)CC(C)O1. The smallest absolute Gasteiger partial charge is 0.130 e. The van der Waals surface area contributed by atoms with Gasteiger partial charge < -0.3 is 9.47 Å². The van der Waals surface area contributed by atoms with Crippen molar-refractivity contribution in [1.82, 2.24) is 4.98 Å². The zero-order valence-corrected chi connectivity index (χ0v) is 13.1. The van der Waals surface area contributed by atoms with Crippen molar-refractivity contribution in [2.24, 2.45) is 0 Å². The number of fused-ring (bicyclic) bond motifs is 1. The van der Waals surface area contributed by atoms with E-state index in [4.69, 9.17) is 21.1 Å². The van der Waals surface area contributed by atoms with E-state index in [9.17, 15) is 0 Å². The van der Waals surface area contributed by atoms with Crippen LogP contribution in [0.5, 0.6) is 5.75 Å². The molecule has 0 aliphatic carbocycles. The molecule has 0 radical (unpaired) electrons. The Morgan fingerprint density at radius 2 is 1.95 bits per heavy atom. The Morgan fingerprint density at radius 3 is 2.67 bits per heavy atom. The van der Waals surface area contributed by atoms with Crippen molar-refractivity contribution in [1.29, 1.82) is 0 Å². The Bertz CT molecular complexity index is 621. The summed E-state index contributed by atoms with van der Waals surface area (Å²) in [6, 6.07) is 9.98. The number of aromatic nitrogens is 1. The van der Waals surface area contributed by atoms with Crippen LogP contribution in [0.3, 0.4) is 0 Å². The van der Waals surface area contributed by atoms with Crippen LogP contribution in [0.1, 0.15) is 32.4 Å². The predicted molar refractivity (Wildman–Crippen MR) is 85.0 cm³/mol. The Hall–Kier alpha value is -1.32. The molecule has 0 saturated carbocycles. The fourth-order valence-electron chi connectivity index (χ4n) is 2.98. The van der Waals surface area contributed by atoms with Crippen LogP contribution in [-0.2, 0) is 10.6 Å². The zero-order chi connectivity index (χ0) is 14.8. The minimum atomic E-state index is 0.178. The Morgan fingerprint density at radius 1 is 1.24 bits per heavy atom. The first-order chi connectivity index (χ1) is 10.2. The second kappa shape index (κ2) is 6.20. The third-order valence-corrected chi connectivity index (χ3v) is 4.09. The number of hydrogen-bond donors (Lipinski definition) is 0. The molecule has 1 fully saturated rings. The summed E-state index contributed by atoms with van der Waals surface area (Å²) in [5.41, 5.74) is 1.78. The molecule has 3 nitrogen and oxygen atoms in total. The molecule has 2 atom stereocenters. The van der Waals surface area contributed by atoms with E-state index >= 15 is 0 Å². The second-order valence-corrected chi connectivity index (χ2v) is 6.00. The van der Waals surface area contributed by atoms with E-state index in [0.717, 1.165) is 35.2 Å². The highest BCUT2D eigenvalue weighted by molar-refractivity contribution is 6.17. The topological polar surface area (TPSA) is 31.4 Å². The molecule has 112 valence electrons. The lowest BCUT2D eigenvalue weighted by Crippen LogP contribution is -2.35. The molecule has 0 spiro atoms. The summed E-state index contributed by atoms with van der Waals surface area (Å²) in [7, 11) is 0. The number of rotatable bonds is 3. The number of para-hydroxylation sites is 1. The summed E-state index contributed by atoms with van der Waals surface area (Å²) < 4.78 is 12.0. The first kappa shape index (κ1) is 14.6. The van der Waals surface area contributed by atoms with Crippen molar-refractivity contribution in [3.05, 3.63) is 36.0 Å². The maximum absolute atomic E-state index is 6.27. The minimum Gasteiger partial charge on any atom is -0.489 e. The summed E-state index contributed by atoms with van der Waals surface area (Å²) in [4.78, 5) is 4.54. The second-order valence-electron chi connectivity index (χ2n) is 5.73. The zero-order valence-electron chi connectivity index (χ0n) is 12.4. The molecule has 2 heterocycles. The van der Waals surface area contributed by atoms with Gasteiger partial charge in [0.2, 0.25) is 0 Å². The molecule has 4 heteroatoms. The lowest BCUT2D eigenvalue weighted by atomic mass is 10.0. The van der Waals surface area contributed by atoms with Gasteiger partial charge in [-0.15, -0.1) is 11.6 Å². The van der Waals surface area contributed by atoms with E-state index < -0.39 is 0 Å². The molecule has 2 unspecified atom stereocenters. The maximum atomic E-state index is 6.27. The molecule has 1 aliphatic heterocycles. The van der Waals surface area contributed by atoms with Crippen LogP contribution >= 0.6 is 11.6 Å². The highest BCUT2D eigenvalue weighted by Gasteiger charge is 2.26. The fraction of sp³-hybridized carbons (Fsp3) is 0.471. The van der Waals surface area contributed by atoms with E-state index in [0.29, 0.717) is 5.88 Å². The quantitative estimate of drug-likeness (QED) is 0.792. The largest absolute Gasteiger partial charge is 0.489 e. The van der Waals surface area contributed by atoms with Gasteiger partial charge in [-0.05, 0) is 26.0 Å². The van der Waals surface area contributed by atoms with Gasteiger partial charge in [-0.2, -0.15) is 0 Å². The number of hydrogen-bond acceptors (Lipinski definition) is 3. The van der Waals surface area contributed by atoms with Gasteiger partial charge in [-0.25, -0.2) is 0 Å². The van der Waals surface area contributed by atoms with Crippen LogP contribution in [0.4, 0.5) is 0 Å².